The predicted octanol–water partition coefficient (Wildman–Crippen LogP) is 3.73. The van der Waals surface area contributed by atoms with E-state index in [0.717, 1.165) is 11.8 Å². The van der Waals surface area contributed by atoms with Crippen LogP contribution >= 0.6 is 0 Å². The highest BCUT2D eigenvalue weighted by atomic mass is 16.3. The number of phenolic OH excluding ortho intramolecular Hbond substituents is 1. The van der Waals surface area contributed by atoms with Crippen molar-refractivity contribution in [2.24, 2.45) is 0 Å². The normalized spacial score (nSPS) is 10.6. The number of fused-ring (bicyclic) bond motifs is 1. The molecule has 4 aromatic rings. The maximum absolute atomic E-state index is 12.5. The van der Waals surface area contributed by atoms with Gasteiger partial charge >= 0.3 is 0 Å². The average Bonchev–Trinajstić information content (AvgIpc) is 3.24. The summed E-state index contributed by atoms with van der Waals surface area (Å²) < 4.78 is 1.88. The number of rotatable bonds is 8. The second kappa shape index (κ2) is 9.92. The maximum atomic E-state index is 12.5. The van der Waals surface area contributed by atoms with Crippen LogP contribution in [0.5, 0.6) is 5.75 Å². The van der Waals surface area contributed by atoms with Crippen molar-refractivity contribution in [3.8, 4) is 16.9 Å². The first-order chi connectivity index (χ1) is 16.9. The summed E-state index contributed by atoms with van der Waals surface area (Å²) in [5.74, 6) is -0.395. The van der Waals surface area contributed by atoms with E-state index in [2.05, 4.69) is 28.4 Å². The zero-order chi connectivity index (χ0) is 24.9. The number of phenols is 1. The Bertz CT molecular complexity index is 1430. The summed E-state index contributed by atoms with van der Waals surface area (Å²) in [6.07, 6.45) is 5.63. The molecule has 176 valence electrons. The molecule has 0 aliphatic carbocycles. The van der Waals surface area contributed by atoms with Gasteiger partial charge in [-0.3, -0.25) is 9.59 Å². The minimum Gasteiger partial charge on any atom is -0.508 e. The molecule has 35 heavy (non-hydrogen) atoms. The van der Waals surface area contributed by atoms with Gasteiger partial charge in [0.25, 0.3) is 0 Å². The number of nitrogens with two attached hydrogens (primary N) is 1. The number of hydrogen-bond acceptors (Lipinski definition) is 6. The second-order valence-electron chi connectivity index (χ2n) is 7.69. The van der Waals surface area contributed by atoms with Crippen LogP contribution in [0.2, 0.25) is 0 Å². The second-order valence-corrected chi connectivity index (χ2v) is 7.69. The molecule has 0 saturated heterocycles. The molecule has 2 heterocycles. The van der Waals surface area contributed by atoms with E-state index in [0.29, 0.717) is 40.9 Å². The zero-order valence-electron chi connectivity index (χ0n) is 18.9. The molecular weight excluding hydrogens is 444 g/mol. The van der Waals surface area contributed by atoms with Crippen molar-refractivity contribution in [1.29, 1.82) is 0 Å². The third-order valence-corrected chi connectivity index (χ3v) is 5.44. The topological polar surface area (TPSA) is 126 Å². The summed E-state index contributed by atoms with van der Waals surface area (Å²) in [7, 11) is 0. The maximum Gasteiger partial charge on any atom is 0.250 e. The third-order valence-electron chi connectivity index (χ3n) is 5.44. The van der Waals surface area contributed by atoms with Gasteiger partial charge in [0.1, 0.15) is 23.5 Å². The Kier molecular flexibility index (Phi) is 6.59. The van der Waals surface area contributed by atoms with Gasteiger partial charge in [0.15, 0.2) is 0 Å². The van der Waals surface area contributed by atoms with Gasteiger partial charge in [-0.15, -0.1) is 0 Å². The Balaban J connectivity index is 1.75. The first-order valence-electron chi connectivity index (χ1n) is 10.8. The lowest BCUT2D eigenvalue weighted by atomic mass is 10.0. The number of nitrogen functional groups attached to an aromatic ring is 1. The van der Waals surface area contributed by atoms with Crippen LogP contribution in [0.3, 0.4) is 0 Å². The van der Waals surface area contributed by atoms with E-state index < -0.39 is 5.91 Å². The smallest absolute Gasteiger partial charge is 0.250 e. The highest BCUT2D eigenvalue weighted by molar-refractivity contribution is 6.03. The number of anilines is 3. The first-order valence-corrected chi connectivity index (χ1v) is 10.8. The predicted molar refractivity (Wildman–Crippen MR) is 137 cm³/mol. The number of para-hydroxylation sites is 1. The number of carbonyl (C=O) groups is 2. The monoisotopic (exact) mass is 468 g/mol. The molecule has 0 spiro atoms. The molecule has 0 aliphatic rings. The van der Waals surface area contributed by atoms with Crippen LogP contribution in [-0.2, 0) is 16.1 Å². The Morgan fingerprint density at radius 3 is 2.60 bits per heavy atom. The summed E-state index contributed by atoms with van der Waals surface area (Å²) in [4.78, 5) is 34.5. The summed E-state index contributed by atoms with van der Waals surface area (Å²) >= 11 is 0. The van der Waals surface area contributed by atoms with Crippen molar-refractivity contribution >= 4 is 40.0 Å². The van der Waals surface area contributed by atoms with Crippen LogP contribution in [0.15, 0.2) is 86.4 Å². The van der Waals surface area contributed by atoms with Crippen LogP contribution in [0.4, 0.5) is 17.2 Å². The van der Waals surface area contributed by atoms with Crippen LogP contribution in [-0.4, -0.2) is 38.0 Å². The number of nitrogens with one attached hydrogen (secondary N) is 1. The SMILES string of the molecule is C=CC(=O)Nc1cc(O)cc(-c2cn(CCN(C(=O)C=C)c3ccccc3)c3ncnc(N)c23)c1. The van der Waals surface area contributed by atoms with Gasteiger partial charge in [-0.2, -0.15) is 0 Å². The number of benzene rings is 2. The molecule has 4 rings (SSSR count). The van der Waals surface area contributed by atoms with Crippen molar-refractivity contribution in [3.05, 3.63) is 86.4 Å². The molecule has 2 aromatic heterocycles. The molecule has 9 nitrogen and oxygen atoms in total. The van der Waals surface area contributed by atoms with Crippen LogP contribution in [0, 0.1) is 0 Å². The highest BCUT2D eigenvalue weighted by Crippen LogP contribution is 2.36. The molecule has 9 heteroatoms. The van der Waals surface area contributed by atoms with Gasteiger partial charge in [-0.25, -0.2) is 9.97 Å². The first kappa shape index (κ1) is 23.2. The van der Waals surface area contributed by atoms with Crippen molar-refractivity contribution < 1.29 is 14.7 Å². The largest absolute Gasteiger partial charge is 0.508 e. The third kappa shape index (κ3) is 4.88. The van der Waals surface area contributed by atoms with E-state index >= 15 is 0 Å². The molecule has 0 atom stereocenters. The lowest BCUT2D eigenvalue weighted by Gasteiger charge is -2.21. The van der Waals surface area contributed by atoms with Crippen molar-refractivity contribution in [3.63, 3.8) is 0 Å². The average molecular weight is 469 g/mol. The minimum atomic E-state index is -0.403. The highest BCUT2D eigenvalue weighted by Gasteiger charge is 2.18. The van der Waals surface area contributed by atoms with Gasteiger partial charge in [-0.1, -0.05) is 31.4 Å². The molecule has 0 saturated carbocycles. The zero-order valence-corrected chi connectivity index (χ0v) is 18.9. The number of hydrogen-bond donors (Lipinski definition) is 3. The fourth-order valence-electron chi connectivity index (χ4n) is 3.86. The fourth-order valence-corrected chi connectivity index (χ4v) is 3.86. The van der Waals surface area contributed by atoms with Crippen molar-refractivity contribution in [2.45, 2.75) is 6.54 Å². The van der Waals surface area contributed by atoms with E-state index in [9.17, 15) is 14.7 Å². The van der Waals surface area contributed by atoms with E-state index in [1.807, 2.05) is 41.1 Å². The summed E-state index contributed by atoms with van der Waals surface area (Å²) in [5, 5.41) is 13.5. The Morgan fingerprint density at radius 2 is 1.89 bits per heavy atom. The molecule has 0 bridgehead atoms. The lowest BCUT2D eigenvalue weighted by Crippen LogP contribution is -2.32. The van der Waals surface area contributed by atoms with E-state index in [-0.39, 0.29) is 17.5 Å². The van der Waals surface area contributed by atoms with Gasteiger partial charge in [0, 0.05) is 42.3 Å². The molecule has 2 aromatic carbocycles. The lowest BCUT2D eigenvalue weighted by molar-refractivity contribution is -0.114. The van der Waals surface area contributed by atoms with Gasteiger partial charge in [-0.05, 0) is 42.0 Å². The molecule has 0 aliphatic heterocycles. The molecular formula is C26H24N6O3. The van der Waals surface area contributed by atoms with Gasteiger partial charge in [0.05, 0.1) is 5.39 Å². The Labute approximate surface area is 201 Å². The van der Waals surface area contributed by atoms with E-state index in [4.69, 9.17) is 5.73 Å². The number of aromatic hydroxyl groups is 1. The molecule has 0 unspecified atom stereocenters. The summed E-state index contributed by atoms with van der Waals surface area (Å²) in [6, 6.07) is 14.0. The minimum absolute atomic E-state index is 0.0370. The standard InChI is InChI=1S/C26H24N6O3/c1-3-22(34)30-18-12-17(13-20(33)14-18)21-15-31(26-24(21)25(27)28-16-29-26)10-11-32(23(35)4-2)19-8-6-5-7-9-19/h3-9,12-16,33H,1-2,10-11H2,(H,30,34)(H2,27,28,29). The number of nitrogens with zero attached hydrogens (tertiary/aromatic N) is 4. The van der Waals surface area contributed by atoms with E-state index in [1.54, 1.807) is 17.0 Å². The van der Waals surface area contributed by atoms with Crippen LogP contribution < -0.4 is 16.0 Å². The van der Waals surface area contributed by atoms with Gasteiger partial charge < -0.3 is 25.6 Å². The van der Waals surface area contributed by atoms with Crippen molar-refractivity contribution in [2.75, 3.05) is 22.5 Å². The number of amides is 2. The van der Waals surface area contributed by atoms with Crippen molar-refractivity contribution in [1.82, 2.24) is 14.5 Å². The van der Waals surface area contributed by atoms with Crippen LogP contribution in [0.25, 0.3) is 22.2 Å². The number of aromatic nitrogens is 3. The Hall–Kier alpha value is -4.92. The summed E-state index contributed by atoms with van der Waals surface area (Å²) in [6.45, 7) is 7.81. The fraction of sp³-hybridized carbons (Fsp3) is 0.0769. The van der Waals surface area contributed by atoms with E-state index in [1.165, 1.54) is 18.5 Å². The number of carbonyl (C=O) groups excluding carboxylic acids is 2. The molecule has 0 fully saturated rings. The quantitative estimate of drug-likeness (QED) is 0.338. The van der Waals surface area contributed by atoms with Crippen LogP contribution in [0.1, 0.15) is 0 Å². The van der Waals surface area contributed by atoms with Gasteiger partial charge in [0.2, 0.25) is 11.8 Å². The summed E-state index contributed by atoms with van der Waals surface area (Å²) in [5.41, 5.74) is 9.21. The molecule has 4 N–H and O–H groups in total. The molecule has 2 amide bonds. The molecule has 0 radical (unpaired) electrons. The Morgan fingerprint density at radius 1 is 1.11 bits per heavy atom.